The van der Waals surface area contributed by atoms with Crippen LogP contribution in [-0.4, -0.2) is 40.2 Å². The highest BCUT2D eigenvalue weighted by Crippen LogP contribution is 2.51. The molecule has 1 heterocycles. The van der Waals surface area contributed by atoms with Gasteiger partial charge in [0, 0.05) is 18.9 Å². The van der Waals surface area contributed by atoms with Gasteiger partial charge in [-0.15, -0.1) is 13.3 Å². The zero-order valence-corrected chi connectivity index (χ0v) is 21.6. The first-order valence-corrected chi connectivity index (χ1v) is 12.5. The number of carbonyl (C=O) groups is 1. The van der Waals surface area contributed by atoms with E-state index in [1.165, 1.54) is 57.3 Å². The first kappa shape index (κ1) is 29.8. The van der Waals surface area contributed by atoms with Gasteiger partial charge in [-0.2, -0.15) is 18.2 Å². The minimum atomic E-state index is -4.83. The van der Waals surface area contributed by atoms with Crippen LogP contribution in [0.4, 0.5) is 45.1 Å². The molecule has 9 nitrogen and oxygen atoms in total. The minimum Gasteiger partial charge on any atom is -0.391 e. The van der Waals surface area contributed by atoms with Crippen molar-refractivity contribution in [3.8, 4) is 0 Å². The Bertz CT molecular complexity index is 1340. The molecule has 3 unspecified atom stereocenters. The maximum Gasteiger partial charge on any atom is 0.592 e. The Balaban J connectivity index is 1.87. The predicted molar refractivity (Wildman–Crippen MR) is 134 cm³/mol. The number of anilines is 4. The number of aliphatic hydroxyl groups is 1. The molecule has 3 rings (SSSR count). The maximum atomic E-state index is 14.6. The van der Waals surface area contributed by atoms with E-state index in [4.69, 9.17) is 4.52 Å². The van der Waals surface area contributed by atoms with E-state index >= 15 is 0 Å². The van der Waals surface area contributed by atoms with Crippen LogP contribution in [0.2, 0.25) is 0 Å². The van der Waals surface area contributed by atoms with Crippen molar-refractivity contribution in [2.75, 3.05) is 17.7 Å². The monoisotopic (exact) mass is 572 g/mol. The van der Waals surface area contributed by atoms with Gasteiger partial charge in [-0.1, -0.05) is 12.1 Å². The Morgan fingerprint density at radius 2 is 1.67 bits per heavy atom. The van der Waals surface area contributed by atoms with Crippen LogP contribution in [0.1, 0.15) is 35.3 Å². The molecule has 0 aliphatic carbocycles. The molecule has 0 bridgehead atoms. The summed E-state index contributed by atoms with van der Waals surface area (Å²) in [6.45, 7) is 2.60. The summed E-state index contributed by atoms with van der Waals surface area (Å²) >= 11 is 0. The van der Waals surface area contributed by atoms with Gasteiger partial charge in [0.05, 0.1) is 22.9 Å². The van der Waals surface area contributed by atoms with Crippen LogP contribution >= 0.6 is 8.03 Å². The van der Waals surface area contributed by atoms with Crippen LogP contribution < -0.4 is 16.0 Å². The zero-order chi connectivity index (χ0) is 29.0. The van der Waals surface area contributed by atoms with Crippen LogP contribution in [0, 0.1) is 0 Å². The molecule has 15 heteroatoms. The molecule has 0 aliphatic rings. The van der Waals surface area contributed by atoms with Gasteiger partial charge in [0.15, 0.2) is 0 Å². The van der Waals surface area contributed by atoms with Crippen molar-refractivity contribution in [3.05, 3.63) is 71.4 Å². The number of carbonyl (C=O) groups excluding carboxylic acids is 1. The van der Waals surface area contributed by atoms with Gasteiger partial charge >= 0.3 is 19.9 Å². The molecular weight excluding hydrogens is 548 g/mol. The second-order valence-electron chi connectivity index (χ2n) is 8.26. The van der Waals surface area contributed by atoms with Gasteiger partial charge in [0.25, 0.3) is 5.91 Å². The van der Waals surface area contributed by atoms with Crippen molar-refractivity contribution in [1.29, 1.82) is 0 Å². The van der Waals surface area contributed by atoms with Crippen LogP contribution in [0.3, 0.4) is 0 Å². The topological polar surface area (TPSA) is 125 Å². The van der Waals surface area contributed by atoms with E-state index in [2.05, 4.69) is 25.9 Å². The number of nitrogens with zero attached hydrogens (tertiary/aromatic N) is 2. The van der Waals surface area contributed by atoms with E-state index < -0.39 is 54.9 Å². The van der Waals surface area contributed by atoms with E-state index in [0.717, 1.165) is 12.1 Å². The lowest BCUT2D eigenvalue weighted by Gasteiger charge is -2.16. The fraction of sp³-hybridized carbons (Fsp3) is 0.292. The number of aromatic nitrogens is 2. The molecule has 1 amide bonds. The standard InChI is InChI=1S/C24H23F5N5O4P/c1-13(35)14(2)38-39(37)24(28,29)15-8-10-16(11-9-15)32-22-31-12-18(23(25,26)27)20(34-22)33-19-7-5-4-6-17(19)21(36)30-3/h4-14,35H,1-3H3,(H2-,30,31,32,33,34,36)/p+1. The summed E-state index contributed by atoms with van der Waals surface area (Å²) < 4.78 is 86.9. The maximum absolute atomic E-state index is 14.6. The molecule has 1 aromatic heterocycles. The number of nitrogens with one attached hydrogen (secondary N) is 3. The molecule has 0 saturated carbocycles. The lowest BCUT2D eigenvalue weighted by molar-refractivity contribution is -0.137. The number of rotatable bonds is 10. The predicted octanol–water partition coefficient (Wildman–Crippen LogP) is 5.92. The Morgan fingerprint density at radius 1 is 1.03 bits per heavy atom. The van der Waals surface area contributed by atoms with Crippen molar-refractivity contribution >= 4 is 37.1 Å². The molecule has 0 aliphatic heterocycles. The number of hydrogen-bond acceptors (Lipinski definition) is 8. The minimum absolute atomic E-state index is 0.0554. The van der Waals surface area contributed by atoms with Crippen LogP contribution in [-0.2, 0) is 20.9 Å². The summed E-state index contributed by atoms with van der Waals surface area (Å²) in [6.07, 6.45) is -6.51. The average Bonchev–Trinajstić information content (AvgIpc) is 2.88. The quantitative estimate of drug-likeness (QED) is 0.174. The third-order valence-corrected chi connectivity index (χ3v) is 6.65. The van der Waals surface area contributed by atoms with Gasteiger partial charge in [0.1, 0.15) is 17.5 Å². The molecule has 4 N–H and O–H groups in total. The lowest BCUT2D eigenvalue weighted by atomic mass is 10.1. The van der Waals surface area contributed by atoms with Crippen molar-refractivity contribution in [3.63, 3.8) is 0 Å². The number of halogens is 5. The van der Waals surface area contributed by atoms with Crippen molar-refractivity contribution < 1.29 is 40.9 Å². The summed E-state index contributed by atoms with van der Waals surface area (Å²) in [7, 11) is -2.14. The molecule has 2 aromatic carbocycles. The number of aliphatic hydroxyl groups excluding tert-OH is 1. The van der Waals surface area contributed by atoms with Crippen LogP contribution in [0.15, 0.2) is 54.7 Å². The highest BCUT2D eigenvalue weighted by atomic mass is 31.1. The average molecular weight is 572 g/mol. The van der Waals surface area contributed by atoms with E-state index in [1.54, 1.807) is 0 Å². The third kappa shape index (κ3) is 7.22. The summed E-state index contributed by atoms with van der Waals surface area (Å²) in [6, 6.07) is 10.1. The molecular formula is C24H24F5N5O4P+. The van der Waals surface area contributed by atoms with Gasteiger partial charge in [-0.3, -0.25) is 4.79 Å². The molecule has 39 heavy (non-hydrogen) atoms. The second kappa shape index (κ2) is 12.0. The first-order chi connectivity index (χ1) is 18.2. The lowest BCUT2D eigenvalue weighted by Crippen LogP contribution is -2.22. The Labute approximate surface area is 220 Å². The third-order valence-electron chi connectivity index (χ3n) is 5.40. The summed E-state index contributed by atoms with van der Waals surface area (Å²) in [5.41, 5.74) is -5.46. The molecule has 0 saturated heterocycles. The van der Waals surface area contributed by atoms with E-state index in [0.29, 0.717) is 6.20 Å². The van der Waals surface area contributed by atoms with Crippen LogP contribution in [0.5, 0.6) is 0 Å². The van der Waals surface area contributed by atoms with E-state index in [9.17, 15) is 36.4 Å². The SMILES string of the molecule is CNC(=O)c1ccccc1Nc1nc(Nc2ccc(C(F)(F)[P+](=O)OC(C)C(C)O)cc2)ncc1C(F)(F)F. The number of benzene rings is 2. The zero-order valence-electron chi connectivity index (χ0n) is 20.8. The molecule has 0 fully saturated rings. The highest BCUT2D eigenvalue weighted by Gasteiger charge is 2.56. The van der Waals surface area contributed by atoms with Crippen LogP contribution in [0.25, 0.3) is 0 Å². The molecule has 0 spiro atoms. The summed E-state index contributed by atoms with van der Waals surface area (Å²) in [5, 5.41) is 16.9. The molecule has 208 valence electrons. The fourth-order valence-corrected chi connectivity index (χ4v) is 4.06. The second-order valence-corrected chi connectivity index (χ2v) is 9.54. The molecule has 0 radical (unpaired) electrons. The fourth-order valence-electron chi connectivity index (χ4n) is 3.09. The Morgan fingerprint density at radius 3 is 2.26 bits per heavy atom. The van der Waals surface area contributed by atoms with Crippen molar-refractivity contribution in [1.82, 2.24) is 15.3 Å². The normalized spacial score (nSPS) is 13.8. The highest BCUT2D eigenvalue weighted by molar-refractivity contribution is 7.40. The van der Waals surface area contributed by atoms with Gasteiger partial charge in [0.2, 0.25) is 5.95 Å². The molecule has 3 aromatic rings. The number of alkyl halides is 5. The number of amides is 1. The number of hydrogen-bond donors (Lipinski definition) is 4. The van der Waals surface area contributed by atoms with Gasteiger partial charge in [-0.05, 0) is 54.8 Å². The number of para-hydroxylation sites is 1. The summed E-state index contributed by atoms with van der Waals surface area (Å²) in [5.74, 6) is -1.49. The van der Waals surface area contributed by atoms with Crippen molar-refractivity contribution in [2.45, 2.75) is 37.9 Å². The van der Waals surface area contributed by atoms with Gasteiger partial charge in [-0.25, -0.2) is 4.98 Å². The first-order valence-electron chi connectivity index (χ1n) is 11.3. The Kier molecular flexibility index (Phi) is 9.15. The smallest absolute Gasteiger partial charge is 0.391 e. The van der Waals surface area contributed by atoms with E-state index in [-0.39, 0.29) is 22.9 Å². The summed E-state index contributed by atoms with van der Waals surface area (Å²) in [4.78, 5) is 19.7. The molecule has 3 atom stereocenters. The van der Waals surface area contributed by atoms with E-state index in [1.807, 2.05) is 0 Å². The largest absolute Gasteiger partial charge is 0.592 e. The van der Waals surface area contributed by atoms with Gasteiger partial charge < -0.3 is 21.1 Å². The van der Waals surface area contributed by atoms with Crippen molar-refractivity contribution in [2.24, 2.45) is 0 Å². The Hall–Kier alpha value is -3.74.